The van der Waals surface area contributed by atoms with E-state index in [-0.39, 0.29) is 0 Å². The largest absolute Gasteiger partial charge is 0.357 e. The zero-order chi connectivity index (χ0) is 16.7. The van der Waals surface area contributed by atoms with Gasteiger partial charge < -0.3 is 19.7 Å². The number of aromatic nitrogens is 1. The number of nitrogens with one attached hydrogen (secondary N) is 1. The van der Waals surface area contributed by atoms with E-state index in [1.165, 1.54) is 38.2 Å². The van der Waals surface area contributed by atoms with Gasteiger partial charge in [0.05, 0.1) is 6.54 Å². The molecule has 0 amide bonds. The predicted octanol–water partition coefficient (Wildman–Crippen LogP) is 2.15. The van der Waals surface area contributed by atoms with Crippen molar-refractivity contribution in [2.24, 2.45) is 18.0 Å². The van der Waals surface area contributed by atoms with Crippen LogP contribution in [0.2, 0.25) is 0 Å². The second-order valence-electron chi connectivity index (χ2n) is 6.62. The lowest BCUT2D eigenvalue weighted by Gasteiger charge is -2.23. The minimum atomic E-state index is 0.707. The summed E-state index contributed by atoms with van der Waals surface area (Å²) in [6.07, 6.45) is 4.62. The second-order valence-corrected chi connectivity index (χ2v) is 6.62. The number of rotatable bonds is 7. The lowest BCUT2D eigenvalue weighted by Crippen LogP contribution is -2.39. The van der Waals surface area contributed by atoms with E-state index >= 15 is 0 Å². The zero-order valence-electron chi connectivity index (χ0n) is 15.3. The molecule has 1 aliphatic heterocycles. The summed E-state index contributed by atoms with van der Waals surface area (Å²) in [6, 6.07) is 4.26. The molecular weight excluding hydrogens is 286 g/mol. The molecule has 23 heavy (non-hydrogen) atoms. The lowest BCUT2D eigenvalue weighted by atomic mass is 10.1. The van der Waals surface area contributed by atoms with E-state index in [4.69, 9.17) is 4.99 Å². The molecule has 1 N–H and O–H groups in total. The van der Waals surface area contributed by atoms with Crippen molar-refractivity contribution in [1.82, 2.24) is 19.7 Å². The van der Waals surface area contributed by atoms with Gasteiger partial charge in [0.1, 0.15) is 0 Å². The van der Waals surface area contributed by atoms with Gasteiger partial charge in [-0.15, -0.1) is 0 Å². The van der Waals surface area contributed by atoms with Crippen LogP contribution in [-0.4, -0.2) is 60.1 Å². The molecule has 0 aromatic carbocycles. The Morgan fingerprint density at radius 1 is 1.43 bits per heavy atom. The molecular formula is C18H33N5. The van der Waals surface area contributed by atoms with Crippen LogP contribution in [0.5, 0.6) is 0 Å². The summed E-state index contributed by atoms with van der Waals surface area (Å²) in [5.74, 6) is 1.72. The zero-order valence-corrected chi connectivity index (χ0v) is 15.3. The Morgan fingerprint density at radius 3 is 2.91 bits per heavy atom. The van der Waals surface area contributed by atoms with Crippen LogP contribution in [0.1, 0.15) is 32.4 Å². The lowest BCUT2D eigenvalue weighted by molar-refractivity contribution is 0.326. The molecule has 130 valence electrons. The third-order valence-corrected chi connectivity index (χ3v) is 4.56. The maximum atomic E-state index is 4.90. The first-order valence-electron chi connectivity index (χ1n) is 8.96. The first-order valence-corrected chi connectivity index (χ1v) is 8.96. The molecule has 1 fully saturated rings. The summed E-state index contributed by atoms with van der Waals surface area (Å²) in [6.45, 7) is 10.8. The van der Waals surface area contributed by atoms with Crippen molar-refractivity contribution >= 4 is 5.96 Å². The van der Waals surface area contributed by atoms with Crippen LogP contribution in [0, 0.1) is 5.92 Å². The molecule has 1 aliphatic rings. The highest BCUT2D eigenvalue weighted by atomic mass is 15.3. The van der Waals surface area contributed by atoms with Crippen molar-refractivity contribution in [1.29, 1.82) is 0 Å². The van der Waals surface area contributed by atoms with Crippen molar-refractivity contribution in [3.63, 3.8) is 0 Å². The molecule has 1 atom stereocenters. The average molecular weight is 319 g/mol. The van der Waals surface area contributed by atoms with Gasteiger partial charge in [-0.05, 0) is 50.9 Å². The third kappa shape index (κ3) is 5.27. The van der Waals surface area contributed by atoms with Crippen LogP contribution in [0.3, 0.4) is 0 Å². The molecule has 0 spiro atoms. The van der Waals surface area contributed by atoms with Crippen molar-refractivity contribution in [3.05, 3.63) is 24.0 Å². The topological polar surface area (TPSA) is 35.8 Å². The van der Waals surface area contributed by atoms with E-state index in [9.17, 15) is 0 Å². The Balaban J connectivity index is 1.90. The van der Waals surface area contributed by atoms with E-state index in [0.717, 1.165) is 25.6 Å². The van der Waals surface area contributed by atoms with Gasteiger partial charge in [-0.25, -0.2) is 0 Å². The Hall–Kier alpha value is -1.49. The quantitative estimate of drug-likeness (QED) is 0.618. The minimum absolute atomic E-state index is 0.707. The van der Waals surface area contributed by atoms with Gasteiger partial charge in [0.15, 0.2) is 5.96 Å². The number of hydrogen-bond donors (Lipinski definition) is 1. The molecule has 2 rings (SSSR count). The van der Waals surface area contributed by atoms with Crippen LogP contribution in [0.15, 0.2) is 23.3 Å². The number of nitrogens with zero attached hydrogens (tertiary/aromatic N) is 4. The number of aryl methyl sites for hydroxylation is 1. The highest BCUT2D eigenvalue weighted by molar-refractivity contribution is 5.79. The van der Waals surface area contributed by atoms with Crippen molar-refractivity contribution in [2.45, 2.75) is 33.2 Å². The second kappa shape index (κ2) is 8.96. The fraction of sp³-hybridized carbons (Fsp3) is 0.722. The first kappa shape index (κ1) is 17.9. The summed E-state index contributed by atoms with van der Waals surface area (Å²) in [5, 5.41) is 3.43. The highest BCUT2D eigenvalue weighted by Gasteiger charge is 2.21. The van der Waals surface area contributed by atoms with Gasteiger partial charge in [0.25, 0.3) is 0 Å². The fourth-order valence-corrected chi connectivity index (χ4v) is 3.25. The van der Waals surface area contributed by atoms with Crippen molar-refractivity contribution in [3.8, 4) is 0 Å². The van der Waals surface area contributed by atoms with Gasteiger partial charge in [-0.3, -0.25) is 4.99 Å². The number of likely N-dealkylation sites (tertiary alicyclic amines) is 1. The smallest absolute Gasteiger partial charge is 0.194 e. The number of aliphatic imine (C=N–C) groups is 1. The molecule has 1 saturated heterocycles. The molecule has 0 aliphatic carbocycles. The first-order chi connectivity index (χ1) is 11.1. The molecule has 5 nitrogen and oxygen atoms in total. The van der Waals surface area contributed by atoms with E-state index in [1.807, 2.05) is 0 Å². The maximum Gasteiger partial charge on any atom is 0.194 e. The van der Waals surface area contributed by atoms with Gasteiger partial charge in [-0.1, -0.05) is 6.92 Å². The fourth-order valence-electron chi connectivity index (χ4n) is 3.25. The summed E-state index contributed by atoms with van der Waals surface area (Å²) in [4.78, 5) is 9.69. The molecule has 0 bridgehead atoms. The minimum Gasteiger partial charge on any atom is -0.357 e. The van der Waals surface area contributed by atoms with E-state index in [0.29, 0.717) is 5.92 Å². The van der Waals surface area contributed by atoms with Gasteiger partial charge in [-0.2, -0.15) is 0 Å². The van der Waals surface area contributed by atoms with Crippen LogP contribution >= 0.6 is 0 Å². The molecule has 1 aromatic rings. The average Bonchev–Trinajstić information content (AvgIpc) is 3.14. The summed E-state index contributed by atoms with van der Waals surface area (Å²) in [7, 11) is 4.21. The Bertz CT molecular complexity index is 493. The predicted molar refractivity (Wildman–Crippen MR) is 97.7 cm³/mol. The molecule has 5 heteroatoms. The van der Waals surface area contributed by atoms with Crippen molar-refractivity contribution < 1.29 is 0 Å². The van der Waals surface area contributed by atoms with E-state index in [1.54, 1.807) is 0 Å². The molecule has 1 aromatic heterocycles. The monoisotopic (exact) mass is 319 g/mol. The van der Waals surface area contributed by atoms with Crippen LogP contribution in [0.25, 0.3) is 0 Å². The van der Waals surface area contributed by atoms with Gasteiger partial charge in [0, 0.05) is 45.6 Å². The standard InChI is InChI=1S/C18H33N5/c1-5-10-23-12-9-16(14-23)13-20-18(19-6-2)22(4)15-17-8-7-11-21(17)3/h7-8,11,16H,5-6,9-10,12-15H2,1-4H3,(H,19,20). The molecule has 2 heterocycles. The Kier molecular flexibility index (Phi) is 6.96. The summed E-state index contributed by atoms with van der Waals surface area (Å²) < 4.78 is 2.17. The Morgan fingerprint density at radius 2 is 2.26 bits per heavy atom. The highest BCUT2D eigenvalue weighted by Crippen LogP contribution is 2.16. The summed E-state index contributed by atoms with van der Waals surface area (Å²) in [5.41, 5.74) is 1.30. The number of hydrogen-bond acceptors (Lipinski definition) is 2. The van der Waals surface area contributed by atoms with Crippen LogP contribution in [-0.2, 0) is 13.6 Å². The number of guanidine groups is 1. The van der Waals surface area contributed by atoms with Crippen molar-refractivity contribution in [2.75, 3.05) is 39.8 Å². The normalized spacial score (nSPS) is 19.3. The van der Waals surface area contributed by atoms with Crippen LogP contribution in [0.4, 0.5) is 0 Å². The maximum absolute atomic E-state index is 4.90. The summed E-state index contributed by atoms with van der Waals surface area (Å²) >= 11 is 0. The third-order valence-electron chi connectivity index (χ3n) is 4.56. The van der Waals surface area contributed by atoms with E-state index in [2.05, 4.69) is 66.0 Å². The van der Waals surface area contributed by atoms with E-state index < -0.39 is 0 Å². The Labute approximate surface area is 141 Å². The molecule has 0 saturated carbocycles. The molecule has 0 radical (unpaired) electrons. The molecule has 1 unspecified atom stereocenters. The SMILES string of the molecule is CCCN1CCC(CN=C(NCC)N(C)Cc2cccn2C)C1. The van der Waals surface area contributed by atoms with Gasteiger partial charge >= 0.3 is 0 Å². The van der Waals surface area contributed by atoms with Gasteiger partial charge in [0.2, 0.25) is 0 Å². The van der Waals surface area contributed by atoms with Crippen LogP contribution < -0.4 is 5.32 Å².